The van der Waals surface area contributed by atoms with Crippen LogP contribution < -0.4 is 11.1 Å². The van der Waals surface area contributed by atoms with E-state index in [-0.39, 0.29) is 18.1 Å². The first-order chi connectivity index (χ1) is 9.06. The molecule has 0 heterocycles. The summed E-state index contributed by atoms with van der Waals surface area (Å²) in [6, 6.07) is 4.14. The van der Waals surface area contributed by atoms with Crippen molar-refractivity contribution in [1.29, 1.82) is 0 Å². The Morgan fingerprint density at radius 1 is 1.32 bits per heavy atom. The van der Waals surface area contributed by atoms with Crippen molar-refractivity contribution in [2.24, 2.45) is 0 Å². The van der Waals surface area contributed by atoms with Crippen LogP contribution in [0.4, 0.5) is 15.8 Å². The van der Waals surface area contributed by atoms with Crippen LogP contribution >= 0.6 is 0 Å². The van der Waals surface area contributed by atoms with Crippen molar-refractivity contribution in [3.63, 3.8) is 0 Å². The highest BCUT2D eigenvalue weighted by Crippen LogP contribution is 2.17. The Labute approximate surface area is 113 Å². The van der Waals surface area contributed by atoms with E-state index in [0.717, 1.165) is 25.9 Å². The number of amides is 1. The van der Waals surface area contributed by atoms with Crippen molar-refractivity contribution in [1.82, 2.24) is 4.90 Å². The summed E-state index contributed by atoms with van der Waals surface area (Å²) in [6.45, 7) is 6.13. The van der Waals surface area contributed by atoms with Crippen LogP contribution in [-0.2, 0) is 4.79 Å². The fourth-order valence-corrected chi connectivity index (χ4v) is 1.93. The summed E-state index contributed by atoms with van der Waals surface area (Å²) in [5.41, 5.74) is 6.14. The molecule has 0 aromatic heterocycles. The Balaban J connectivity index is 2.60. The number of anilines is 2. The lowest BCUT2D eigenvalue weighted by atomic mass is 10.2. The second kappa shape index (κ2) is 7.74. The number of benzene rings is 1. The fraction of sp³-hybridized carbons (Fsp3) is 0.500. The van der Waals surface area contributed by atoms with Gasteiger partial charge in [0, 0.05) is 5.69 Å². The summed E-state index contributed by atoms with van der Waals surface area (Å²) in [6.07, 6.45) is 1.97. The van der Waals surface area contributed by atoms with E-state index in [9.17, 15) is 9.18 Å². The standard InChI is InChI=1S/C14H22FN3O/c1-3-7-18(8-4-2)10-14(19)17-13-9-11(16)5-6-12(13)15/h5-6,9H,3-4,7-8,10,16H2,1-2H3,(H,17,19). The minimum absolute atomic E-state index is 0.137. The molecular weight excluding hydrogens is 245 g/mol. The van der Waals surface area contributed by atoms with Crippen LogP contribution in [0, 0.1) is 5.82 Å². The van der Waals surface area contributed by atoms with Gasteiger partial charge >= 0.3 is 0 Å². The van der Waals surface area contributed by atoms with Crippen molar-refractivity contribution < 1.29 is 9.18 Å². The second-order valence-corrected chi connectivity index (χ2v) is 4.56. The first kappa shape index (κ1) is 15.4. The summed E-state index contributed by atoms with van der Waals surface area (Å²) in [7, 11) is 0. The van der Waals surface area contributed by atoms with Gasteiger partial charge in [-0.1, -0.05) is 13.8 Å². The SMILES string of the molecule is CCCN(CCC)CC(=O)Nc1cc(N)ccc1F. The molecular formula is C14H22FN3O. The highest BCUT2D eigenvalue weighted by molar-refractivity contribution is 5.92. The fourth-order valence-electron chi connectivity index (χ4n) is 1.93. The van der Waals surface area contributed by atoms with E-state index in [1.165, 1.54) is 18.2 Å². The number of halogens is 1. The molecule has 4 nitrogen and oxygen atoms in total. The number of hydrogen-bond acceptors (Lipinski definition) is 3. The number of nitrogens with two attached hydrogens (primary N) is 1. The van der Waals surface area contributed by atoms with Crippen LogP contribution in [0.2, 0.25) is 0 Å². The zero-order valence-corrected chi connectivity index (χ0v) is 11.6. The molecule has 0 saturated heterocycles. The smallest absolute Gasteiger partial charge is 0.238 e. The molecule has 1 aromatic carbocycles. The van der Waals surface area contributed by atoms with Gasteiger partial charge in [0.15, 0.2) is 0 Å². The minimum atomic E-state index is -0.472. The van der Waals surface area contributed by atoms with E-state index >= 15 is 0 Å². The first-order valence-corrected chi connectivity index (χ1v) is 6.64. The number of carbonyl (C=O) groups excluding carboxylic acids is 1. The lowest BCUT2D eigenvalue weighted by Gasteiger charge is -2.20. The van der Waals surface area contributed by atoms with Crippen molar-refractivity contribution in [2.45, 2.75) is 26.7 Å². The van der Waals surface area contributed by atoms with Gasteiger partial charge < -0.3 is 11.1 Å². The molecule has 0 bridgehead atoms. The molecule has 0 atom stereocenters. The van der Waals surface area contributed by atoms with Crippen LogP contribution in [0.5, 0.6) is 0 Å². The highest BCUT2D eigenvalue weighted by atomic mass is 19.1. The van der Waals surface area contributed by atoms with Crippen molar-refractivity contribution in [2.75, 3.05) is 30.7 Å². The minimum Gasteiger partial charge on any atom is -0.399 e. The molecule has 106 valence electrons. The molecule has 0 aliphatic carbocycles. The Morgan fingerprint density at radius 3 is 2.53 bits per heavy atom. The molecule has 1 rings (SSSR count). The normalized spacial score (nSPS) is 10.7. The summed E-state index contributed by atoms with van der Waals surface area (Å²) in [5, 5.41) is 2.56. The molecule has 0 radical (unpaired) electrons. The molecule has 1 aromatic rings. The van der Waals surface area contributed by atoms with E-state index in [0.29, 0.717) is 5.69 Å². The summed E-state index contributed by atoms with van der Waals surface area (Å²) in [4.78, 5) is 13.9. The zero-order chi connectivity index (χ0) is 14.3. The topological polar surface area (TPSA) is 58.4 Å². The van der Waals surface area contributed by atoms with E-state index in [2.05, 4.69) is 24.1 Å². The zero-order valence-electron chi connectivity index (χ0n) is 11.6. The quantitative estimate of drug-likeness (QED) is 0.746. The lowest BCUT2D eigenvalue weighted by Crippen LogP contribution is -2.34. The van der Waals surface area contributed by atoms with Gasteiger partial charge in [-0.2, -0.15) is 0 Å². The van der Waals surface area contributed by atoms with Crippen molar-refractivity contribution >= 4 is 17.3 Å². The van der Waals surface area contributed by atoms with Crippen molar-refractivity contribution in [3.05, 3.63) is 24.0 Å². The summed E-state index contributed by atoms with van der Waals surface area (Å²) >= 11 is 0. The summed E-state index contributed by atoms with van der Waals surface area (Å²) in [5.74, 6) is -0.688. The number of nitrogens with one attached hydrogen (secondary N) is 1. The molecule has 0 spiro atoms. The molecule has 1 amide bonds. The van der Waals surface area contributed by atoms with E-state index in [4.69, 9.17) is 5.73 Å². The molecule has 0 fully saturated rings. The van der Waals surface area contributed by atoms with Gasteiger partial charge in [0.25, 0.3) is 0 Å². The van der Waals surface area contributed by atoms with Gasteiger partial charge in [0.05, 0.1) is 12.2 Å². The molecule has 0 saturated carbocycles. The van der Waals surface area contributed by atoms with Crippen LogP contribution in [0.15, 0.2) is 18.2 Å². The van der Waals surface area contributed by atoms with Gasteiger partial charge in [-0.25, -0.2) is 4.39 Å². The van der Waals surface area contributed by atoms with Crippen molar-refractivity contribution in [3.8, 4) is 0 Å². The predicted octanol–water partition coefficient (Wildman–Crippen LogP) is 2.47. The number of nitrogen functional groups attached to an aromatic ring is 1. The number of rotatable bonds is 7. The van der Waals surface area contributed by atoms with E-state index in [1.54, 1.807) is 0 Å². The first-order valence-electron chi connectivity index (χ1n) is 6.64. The van der Waals surface area contributed by atoms with Gasteiger partial charge in [-0.15, -0.1) is 0 Å². The lowest BCUT2D eigenvalue weighted by molar-refractivity contribution is -0.117. The molecule has 0 aliphatic heterocycles. The third-order valence-corrected chi connectivity index (χ3v) is 2.71. The van der Waals surface area contributed by atoms with Crippen LogP contribution in [0.1, 0.15) is 26.7 Å². The van der Waals surface area contributed by atoms with Gasteiger partial charge in [-0.3, -0.25) is 9.69 Å². The van der Waals surface area contributed by atoms with Crippen LogP contribution in [0.25, 0.3) is 0 Å². The van der Waals surface area contributed by atoms with E-state index in [1.807, 2.05) is 0 Å². The maximum absolute atomic E-state index is 13.5. The second-order valence-electron chi connectivity index (χ2n) is 4.56. The highest BCUT2D eigenvalue weighted by Gasteiger charge is 2.11. The third kappa shape index (κ3) is 5.26. The van der Waals surface area contributed by atoms with Gasteiger partial charge in [0.2, 0.25) is 5.91 Å². The Bertz CT molecular complexity index is 417. The summed E-state index contributed by atoms with van der Waals surface area (Å²) < 4.78 is 13.5. The van der Waals surface area contributed by atoms with E-state index < -0.39 is 5.82 Å². The van der Waals surface area contributed by atoms with Crippen LogP contribution in [-0.4, -0.2) is 30.4 Å². The molecule has 3 N–H and O–H groups in total. The Morgan fingerprint density at radius 2 is 1.95 bits per heavy atom. The maximum Gasteiger partial charge on any atom is 0.238 e. The maximum atomic E-state index is 13.5. The van der Waals surface area contributed by atoms with Gasteiger partial charge in [0.1, 0.15) is 5.82 Å². The monoisotopic (exact) mass is 267 g/mol. The molecule has 19 heavy (non-hydrogen) atoms. The van der Waals surface area contributed by atoms with Crippen LogP contribution in [0.3, 0.4) is 0 Å². The third-order valence-electron chi connectivity index (χ3n) is 2.71. The Kier molecular flexibility index (Phi) is 6.29. The molecule has 5 heteroatoms. The largest absolute Gasteiger partial charge is 0.399 e. The number of nitrogens with zero attached hydrogens (tertiary/aromatic N) is 1. The van der Waals surface area contributed by atoms with Gasteiger partial charge in [-0.05, 0) is 44.1 Å². The average Bonchev–Trinajstić information content (AvgIpc) is 2.34. The number of hydrogen-bond donors (Lipinski definition) is 2. The Hall–Kier alpha value is -1.62. The predicted molar refractivity (Wildman–Crippen MR) is 76.5 cm³/mol. The average molecular weight is 267 g/mol. The molecule has 0 unspecified atom stereocenters. The number of carbonyl (C=O) groups is 1. The molecule has 0 aliphatic rings.